The molecule has 0 radical (unpaired) electrons. The van der Waals surface area contributed by atoms with Gasteiger partial charge in [0.25, 0.3) is 0 Å². The molecule has 1 saturated carbocycles. The number of carboxylic acids is 1. The van der Waals surface area contributed by atoms with Gasteiger partial charge in [-0.1, -0.05) is 30.3 Å². The van der Waals surface area contributed by atoms with Gasteiger partial charge in [-0.3, -0.25) is 4.79 Å². The Hall–Kier alpha value is -1.49. The Balaban J connectivity index is 2.08. The summed E-state index contributed by atoms with van der Waals surface area (Å²) in [7, 11) is 0. The first-order valence-electron chi connectivity index (χ1n) is 6.60. The highest BCUT2D eigenvalue weighted by molar-refractivity contribution is 5.75. The van der Waals surface area contributed by atoms with Gasteiger partial charge in [0.15, 0.2) is 0 Å². The summed E-state index contributed by atoms with van der Waals surface area (Å²) >= 11 is 0. The van der Waals surface area contributed by atoms with E-state index in [1.165, 1.54) is 6.92 Å². The summed E-state index contributed by atoms with van der Waals surface area (Å²) < 4.78 is 32.6. The molecule has 1 fully saturated rings. The Morgan fingerprint density at radius 2 is 2.05 bits per heavy atom. The predicted molar refractivity (Wildman–Crippen MR) is 69.6 cm³/mol. The second-order valence-corrected chi connectivity index (χ2v) is 5.58. The van der Waals surface area contributed by atoms with Gasteiger partial charge in [-0.2, -0.15) is 0 Å². The predicted octanol–water partition coefficient (Wildman–Crippen LogP) is 3.48. The quantitative estimate of drug-likeness (QED) is 0.920. The standard InChI is InChI=1S/C15H18F2O3/c1-14(13(18)19)10-15(16,17)8-7-12(14)20-9-11-5-3-2-4-6-11/h2-6,12H,7-10H2,1H3,(H,18,19)/t12-,14+/m1/s1. The maximum Gasteiger partial charge on any atom is 0.312 e. The van der Waals surface area contributed by atoms with Gasteiger partial charge in [-0.15, -0.1) is 0 Å². The number of rotatable bonds is 4. The topological polar surface area (TPSA) is 46.5 Å². The Kier molecular flexibility index (Phi) is 4.09. The van der Waals surface area contributed by atoms with Gasteiger partial charge >= 0.3 is 5.97 Å². The third-order valence-electron chi connectivity index (χ3n) is 3.89. The minimum atomic E-state index is -2.93. The second kappa shape index (κ2) is 5.48. The number of ether oxygens (including phenoxy) is 1. The maximum atomic E-state index is 13.5. The molecule has 0 spiro atoms. The van der Waals surface area contributed by atoms with E-state index < -0.39 is 29.8 Å². The molecular formula is C15H18F2O3. The number of carboxylic acid groups (broad SMARTS) is 1. The average molecular weight is 284 g/mol. The van der Waals surface area contributed by atoms with Gasteiger partial charge in [0.2, 0.25) is 5.92 Å². The van der Waals surface area contributed by atoms with E-state index in [2.05, 4.69) is 0 Å². The summed E-state index contributed by atoms with van der Waals surface area (Å²) in [5.74, 6) is -4.16. The van der Waals surface area contributed by atoms with E-state index in [-0.39, 0.29) is 19.4 Å². The van der Waals surface area contributed by atoms with Crippen LogP contribution in [0.15, 0.2) is 30.3 Å². The fourth-order valence-corrected chi connectivity index (χ4v) is 2.65. The molecule has 20 heavy (non-hydrogen) atoms. The van der Waals surface area contributed by atoms with Crippen molar-refractivity contribution in [3.63, 3.8) is 0 Å². The average Bonchev–Trinajstić information content (AvgIpc) is 2.38. The van der Waals surface area contributed by atoms with Gasteiger partial charge in [-0.05, 0) is 18.9 Å². The zero-order valence-electron chi connectivity index (χ0n) is 11.3. The van der Waals surface area contributed by atoms with Crippen LogP contribution in [0.2, 0.25) is 0 Å². The molecule has 0 saturated heterocycles. The van der Waals surface area contributed by atoms with E-state index in [9.17, 15) is 18.7 Å². The lowest BCUT2D eigenvalue weighted by molar-refractivity contribution is -0.185. The van der Waals surface area contributed by atoms with Crippen LogP contribution in [0.25, 0.3) is 0 Å². The summed E-state index contributed by atoms with van der Waals surface area (Å²) in [6.07, 6.45) is -1.63. The molecule has 0 bridgehead atoms. The van der Waals surface area contributed by atoms with Crippen LogP contribution in [0, 0.1) is 5.41 Å². The van der Waals surface area contributed by atoms with E-state index >= 15 is 0 Å². The molecule has 0 aliphatic heterocycles. The fourth-order valence-electron chi connectivity index (χ4n) is 2.65. The largest absolute Gasteiger partial charge is 0.481 e. The molecule has 0 unspecified atom stereocenters. The first kappa shape index (κ1) is 14.9. The zero-order chi connectivity index (χ0) is 14.8. The van der Waals surface area contributed by atoms with E-state index in [0.717, 1.165) is 5.56 Å². The van der Waals surface area contributed by atoms with Crippen LogP contribution in [-0.2, 0) is 16.1 Å². The van der Waals surface area contributed by atoms with Gasteiger partial charge in [-0.25, -0.2) is 8.78 Å². The molecule has 2 atom stereocenters. The molecule has 1 aromatic rings. The minimum absolute atomic E-state index is 0.0582. The molecule has 110 valence electrons. The first-order valence-corrected chi connectivity index (χ1v) is 6.60. The van der Waals surface area contributed by atoms with Crippen LogP contribution in [0.1, 0.15) is 31.7 Å². The maximum absolute atomic E-state index is 13.5. The number of hydrogen-bond donors (Lipinski definition) is 1. The van der Waals surface area contributed by atoms with E-state index in [4.69, 9.17) is 4.74 Å². The molecule has 1 N–H and O–H groups in total. The number of alkyl halides is 2. The van der Waals surface area contributed by atoms with Crippen molar-refractivity contribution in [3.8, 4) is 0 Å². The molecule has 0 amide bonds. The van der Waals surface area contributed by atoms with Gasteiger partial charge < -0.3 is 9.84 Å². The summed E-state index contributed by atoms with van der Waals surface area (Å²) in [6.45, 7) is 1.58. The highest BCUT2D eigenvalue weighted by Crippen LogP contribution is 2.46. The molecule has 2 rings (SSSR count). The smallest absolute Gasteiger partial charge is 0.312 e. The molecule has 1 aliphatic carbocycles. The SMILES string of the molecule is C[C@]1(C(=O)O)CC(F)(F)CC[C@H]1OCc1ccccc1. The third-order valence-corrected chi connectivity index (χ3v) is 3.89. The van der Waals surface area contributed by atoms with Crippen molar-refractivity contribution in [2.75, 3.05) is 0 Å². The second-order valence-electron chi connectivity index (χ2n) is 5.58. The highest BCUT2D eigenvalue weighted by Gasteiger charge is 2.53. The van der Waals surface area contributed by atoms with E-state index in [1.54, 1.807) is 0 Å². The highest BCUT2D eigenvalue weighted by atomic mass is 19.3. The van der Waals surface area contributed by atoms with Crippen LogP contribution >= 0.6 is 0 Å². The Morgan fingerprint density at radius 3 is 2.65 bits per heavy atom. The van der Waals surface area contributed by atoms with Crippen LogP contribution in [0.3, 0.4) is 0 Å². The van der Waals surface area contributed by atoms with Crippen molar-refractivity contribution in [2.45, 2.75) is 44.8 Å². The van der Waals surface area contributed by atoms with Crippen molar-refractivity contribution in [1.29, 1.82) is 0 Å². The van der Waals surface area contributed by atoms with Gasteiger partial charge in [0, 0.05) is 12.8 Å². The van der Waals surface area contributed by atoms with Crippen molar-refractivity contribution < 1.29 is 23.4 Å². The van der Waals surface area contributed by atoms with Gasteiger partial charge in [0.05, 0.1) is 18.1 Å². The zero-order valence-corrected chi connectivity index (χ0v) is 11.3. The lowest BCUT2D eigenvalue weighted by Crippen LogP contribution is -2.49. The van der Waals surface area contributed by atoms with Crippen molar-refractivity contribution in [1.82, 2.24) is 0 Å². The van der Waals surface area contributed by atoms with Crippen LogP contribution in [0.5, 0.6) is 0 Å². The number of halogens is 2. The molecule has 1 aromatic carbocycles. The number of benzene rings is 1. The Labute approximate surface area is 116 Å². The third kappa shape index (κ3) is 3.15. The Morgan fingerprint density at radius 1 is 1.40 bits per heavy atom. The first-order chi connectivity index (χ1) is 9.33. The van der Waals surface area contributed by atoms with Gasteiger partial charge in [0.1, 0.15) is 0 Å². The monoisotopic (exact) mass is 284 g/mol. The molecule has 3 nitrogen and oxygen atoms in total. The molecular weight excluding hydrogens is 266 g/mol. The van der Waals surface area contributed by atoms with Crippen molar-refractivity contribution in [2.24, 2.45) is 5.41 Å². The lowest BCUT2D eigenvalue weighted by Gasteiger charge is -2.41. The lowest BCUT2D eigenvalue weighted by atomic mass is 9.71. The normalized spacial score (nSPS) is 29.1. The molecule has 0 heterocycles. The summed E-state index contributed by atoms with van der Waals surface area (Å²) in [5.41, 5.74) is -0.645. The van der Waals surface area contributed by atoms with Crippen molar-refractivity contribution in [3.05, 3.63) is 35.9 Å². The molecule has 1 aliphatic rings. The van der Waals surface area contributed by atoms with Crippen LogP contribution < -0.4 is 0 Å². The van der Waals surface area contributed by atoms with Crippen LogP contribution in [0.4, 0.5) is 8.78 Å². The Bertz CT molecular complexity index is 475. The van der Waals surface area contributed by atoms with Crippen LogP contribution in [-0.4, -0.2) is 23.1 Å². The fraction of sp³-hybridized carbons (Fsp3) is 0.533. The molecule has 0 aromatic heterocycles. The van der Waals surface area contributed by atoms with Crippen molar-refractivity contribution >= 4 is 5.97 Å². The number of carbonyl (C=O) groups is 1. The summed E-state index contributed by atoms with van der Waals surface area (Å²) in [4.78, 5) is 11.4. The number of hydrogen-bond acceptors (Lipinski definition) is 2. The summed E-state index contributed by atoms with van der Waals surface area (Å²) in [5, 5.41) is 9.28. The minimum Gasteiger partial charge on any atom is -0.481 e. The molecule has 5 heteroatoms. The number of aliphatic carboxylic acids is 1. The van der Waals surface area contributed by atoms with E-state index in [0.29, 0.717) is 0 Å². The summed E-state index contributed by atoms with van der Waals surface area (Å²) in [6, 6.07) is 9.28. The van der Waals surface area contributed by atoms with E-state index in [1.807, 2.05) is 30.3 Å².